The fraction of sp³-hybridized carbons (Fsp3) is 0.583. The molecule has 2 aliphatic heterocycles. The number of fused-ring (bicyclic) bond motifs is 1. The molecule has 180 valence electrons. The molecule has 1 fully saturated rings. The standard InChI is InChI=1S/C12H19N4O13P3/c1-12(8-3-2-6-11(13)14-5-15-16(6)8)10(18)9(17)7(27-12)4-26-31(22,23)29-32(24,25)28-30(19,20)21/h2-3,5,7-10,17-18H,4H2,1H3,(H5-,13,14,15,19,20,21,22,23,24,25)/p+1/t7-,8?,9-,10-,12+/m1/s1. The molecular weight excluding hydrogens is 501 g/mol. The van der Waals surface area contributed by atoms with E-state index in [1.165, 1.54) is 17.9 Å². The van der Waals surface area contributed by atoms with E-state index in [4.69, 9.17) is 25.2 Å². The van der Waals surface area contributed by atoms with Gasteiger partial charge in [-0.25, -0.2) is 18.7 Å². The predicted molar refractivity (Wildman–Crippen MR) is 99.8 cm³/mol. The summed E-state index contributed by atoms with van der Waals surface area (Å²) in [6, 6.07) is -0.774. The van der Waals surface area contributed by atoms with Gasteiger partial charge in [0.25, 0.3) is 5.69 Å². The minimum Gasteiger partial charge on any atom is -0.387 e. The second-order valence-electron chi connectivity index (χ2n) is 6.94. The van der Waals surface area contributed by atoms with Crippen LogP contribution in [0.2, 0.25) is 0 Å². The Labute approximate surface area is 179 Å². The van der Waals surface area contributed by atoms with Gasteiger partial charge < -0.3 is 40.3 Å². The zero-order chi connectivity index (χ0) is 24.1. The molecule has 3 rings (SSSR count). The molecule has 7 atom stereocenters. The Balaban J connectivity index is 1.71. The highest BCUT2D eigenvalue weighted by Crippen LogP contribution is 2.66. The van der Waals surface area contributed by atoms with Gasteiger partial charge in [0.2, 0.25) is 11.9 Å². The number of nitrogens with zero attached hydrogens (tertiary/aromatic N) is 3. The Hall–Kier alpha value is -1.16. The highest BCUT2D eigenvalue weighted by molar-refractivity contribution is 7.66. The van der Waals surface area contributed by atoms with Crippen molar-refractivity contribution in [2.24, 2.45) is 0 Å². The van der Waals surface area contributed by atoms with Gasteiger partial charge in [-0.3, -0.25) is 4.52 Å². The SMILES string of the molecule is C[C@@]1(C2C=Cc3c(N)ncn[n+]32)O[C@H](COP(=O)(O)OP(=O)(O)OP(=O)(O)O)[C@@H](O)[C@H]1O. The van der Waals surface area contributed by atoms with E-state index in [2.05, 4.69) is 23.2 Å². The number of anilines is 1. The average molecular weight is 521 g/mol. The summed E-state index contributed by atoms with van der Waals surface area (Å²) >= 11 is 0. The predicted octanol–water partition coefficient (Wildman–Crippen LogP) is -1.86. The number of aliphatic hydroxyl groups is 2. The second-order valence-corrected chi connectivity index (χ2v) is 11.4. The molecule has 1 aromatic heterocycles. The minimum absolute atomic E-state index is 0.152. The zero-order valence-electron chi connectivity index (χ0n) is 16.1. The van der Waals surface area contributed by atoms with Gasteiger partial charge in [0, 0.05) is 11.2 Å². The number of hydrogen-bond donors (Lipinski definition) is 7. The van der Waals surface area contributed by atoms with Crippen LogP contribution in [0.15, 0.2) is 12.4 Å². The molecular formula is C12H20N4O13P3+. The van der Waals surface area contributed by atoms with Crippen molar-refractivity contribution in [2.45, 2.75) is 36.9 Å². The number of aliphatic hydroxyl groups excluding tert-OH is 2. The van der Waals surface area contributed by atoms with E-state index < -0.39 is 60.0 Å². The van der Waals surface area contributed by atoms with E-state index in [-0.39, 0.29) is 5.82 Å². The molecule has 2 aliphatic rings. The minimum atomic E-state index is -5.70. The number of ether oxygens (including phenoxy) is 1. The summed E-state index contributed by atoms with van der Waals surface area (Å²) in [5.41, 5.74) is 4.66. The first-order valence-corrected chi connectivity index (χ1v) is 13.1. The molecule has 8 N–H and O–H groups in total. The van der Waals surface area contributed by atoms with Crippen molar-refractivity contribution in [1.29, 1.82) is 0 Å². The molecule has 0 saturated carbocycles. The van der Waals surface area contributed by atoms with Crippen LogP contribution in [0.4, 0.5) is 5.82 Å². The smallest absolute Gasteiger partial charge is 0.387 e. The van der Waals surface area contributed by atoms with Crippen molar-refractivity contribution in [3.63, 3.8) is 0 Å². The second kappa shape index (κ2) is 8.56. The monoisotopic (exact) mass is 521 g/mol. The van der Waals surface area contributed by atoms with Gasteiger partial charge in [0.05, 0.1) is 6.61 Å². The quantitative estimate of drug-likeness (QED) is 0.146. The summed E-state index contributed by atoms with van der Waals surface area (Å²) in [5.74, 6) is 0.152. The van der Waals surface area contributed by atoms with E-state index >= 15 is 0 Å². The molecule has 17 nitrogen and oxygen atoms in total. The molecule has 1 saturated heterocycles. The first kappa shape index (κ1) is 25.5. The summed E-state index contributed by atoms with van der Waals surface area (Å²) in [7, 11) is -16.7. The lowest BCUT2D eigenvalue weighted by molar-refractivity contribution is -0.777. The van der Waals surface area contributed by atoms with Crippen molar-refractivity contribution >= 4 is 35.4 Å². The zero-order valence-corrected chi connectivity index (χ0v) is 18.7. The van der Waals surface area contributed by atoms with Gasteiger partial charge in [-0.15, -0.1) is 0 Å². The number of hydrogen-bond acceptors (Lipinski definition) is 12. The van der Waals surface area contributed by atoms with E-state index in [0.717, 1.165) is 0 Å². The van der Waals surface area contributed by atoms with Crippen LogP contribution in [0, 0.1) is 0 Å². The van der Waals surface area contributed by atoms with Gasteiger partial charge in [0.15, 0.2) is 11.9 Å². The Morgan fingerprint density at radius 2 is 1.84 bits per heavy atom. The van der Waals surface area contributed by atoms with E-state index in [9.17, 15) is 28.8 Å². The Morgan fingerprint density at radius 1 is 1.19 bits per heavy atom. The molecule has 0 bridgehead atoms. The van der Waals surface area contributed by atoms with Crippen LogP contribution in [0.25, 0.3) is 6.08 Å². The maximum absolute atomic E-state index is 11.9. The molecule has 20 heteroatoms. The van der Waals surface area contributed by atoms with Crippen LogP contribution < -0.4 is 10.4 Å². The third kappa shape index (κ3) is 5.32. The molecule has 0 radical (unpaired) electrons. The molecule has 0 amide bonds. The number of phosphoric acid groups is 3. The third-order valence-electron chi connectivity index (χ3n) is 4.68. The summed E-state index contributed by atoms with van der Waals surface area (Å²) in [5, 5.41) is 25.0. The molecule has 3 heterocycles. The number of nitrogens with two attached hydrogens (primary N) is 1. The van der Waals surface area contributed by atoms with Gasteiger partial charge in [-0.2, -0.15) is 8.62 Å². The van der Waals surface area contributed by atoms with Gasteiger partial charge in [-0.1, -0.05) is 4.68 Å². The molecule has 0 spiro atoms. The van der Waals surface area contributed by atoms with Crippen LogP contribution in [0.1, 0.15) is 18.7 Å². The van der Waals surface area contributed by atoms with Crippen LogP contribution in [-0.2, 0) is 31.6 Å². The maximum atomic E-state index is 11.9. The fourth-order valence-corrected chi connectivity index (χ4v) is 6.36. The van der Waals surface area contributed by atoms with E-state index in [0.29, 0.717) is 5.69 Å². The number of aromatic nitrogens is 3. The van der Waals surface area contributed by atoms with Crippen molar-refractivity contribution in [1.82, 2.24) is 10.1 Å². The Bertz CT molecular complexity index is 1060. The first-order chi connectivity index (χ1) is 14.5. The van der Waals surface area contributed by atoms with Crippen LogP contribution in [-0.4, -0.2) is 70.4 Å². The molecule has 3 unspecified atom stereocenters. The summed E-state index contributed by atoms with van der Waals surface area (Å²) in [6.45, 7) is 0.499. The Kier molecular flexibility index (Phi) is 6.81. The van der Waals surface area contributed by atoms with Gasteiger partial charge in [-0.05, 0) is 13.0 Å². The number of phosphoric ester groups is 1. The van der Waals surface area contributed by atoms with Crippen LogP contribution in [0.5, 0.6) is 0 Å². The molecule has 32 heavy (non-hydrogen) atoms. The van der Waals surface area contributed by atoms with Gasteiger partial charge >= 0.3 is 23.5 Å². The Morgan fingerprint density at radius 3 is 2.47 bits per heavy atom. The van der Waals surface area contributed by atoms with Crippen LogP contribution in [0.3, 0.4) is 0 Å². The average Bonchev–Trinajstić information content (AvgIpc) is 3.14. The molecule has 0 aromatic carbocycles. The third-order valence-corrected chi connectivity index (χ3v) is 8.49. The molecule has 0 aliphatic carbocycles. The van der Waals surface area contributed by atoms with E-state index in [1.54, 1.807) is 12.2 Å². The van der Waals surface area contributed by atoms with Crippen molar-refractivity contribution in [2.75, 3.05) is 12.3 Å². The highest BCUT2D eigenvalue weighted by Gasteiger charge is 2.60. The summed E-state index contributed by atoms with van der Waals surface area (Å²) in [6.07, 6.45) is -0.302. The largest absolute Gasteiger partial charge is 0.490 e. The highest BCUT2D eigenvalue weighted by atomic mass is 31.3. The van der Waals surface area contributed by atoms with Crippen molar-refractivity contribution in [3.8, 4) is 0 Å². The lowest BCUT2D eigenvalue weighted by Gasteiger charge is -2.28. The van der Waals surface area contributed by atoms with Gasteiger partial charge in [0.1, 0.15) is 18.3 Å². The normalized spacial score (nSPS) is 33.6. The fourth-order valence-electron chi connectivity index (χ4n) is 3.33. The topological polar surface area (TPSA) is 265 Å². The summed E-state index contributed by atoms with van der Waals surface area (Å²) < 4.78 is 52.7. The van der Waals surface area contributed by atoms with Crippen LogP contribution >= 0.6 is 23.5 Å². The van der Waals surface area contributed by atoms with Crippen molar-refractivity contribution in [3.05, 3.63) is 18.1 Å². The number of nitrogen functional groups attached to an aromatic ring is 1. The molecule has 1 aromatic rings. The summed E-state index contributed by atoms with van der Waals surface area (Å²) in [4.78, 5) is 39.6. The maximum Gasteiger partial charge on any atom is 0.490 e. The lowest BCUT2D eigenvalue weighted by Crippen LogP contribution is -2.58. The lowest BCUT2D eigenvalue weighted by atomic mass is 9.89. The first-order valence-electron chi connectivity index (χ1n) is 8.57. The number of rotatable bonds is 8. The van der Waals surface area contributed by atoms with E-state index in [1.807, 2.05) is 0 Å². The van der Waals surface area contributed by atoms with Crippen molar-refractivity contribution < 1.29 is 66.0 Å².